The molecule has 7 rings (SSSR count). The lowest BCUT2D eigenvalue weighted by molar-refractivity contribution is -0.395. The number of non-ortho nitro benzene ring substituents is 2. The van der Waals surface area contributed by atoms with Gasteiger partial charge >= 0.3 is 5.97 Å². The zero-order valence-electron chi connectivity index (χ0n) is 33.8. The fraction of sp³-hybridized carbons (Fsp3) is 0.275. The number of rotatable bonds is 15. The average Bonchev–Trinajstić information content (AvgIpc) is 3.75. The number of carbonyl (C=O) groups is 2. The standard InChI is InChI=1S/C40H34N8O15/c1-6-33(23-14-31-36-19(15-44(31)38(51)27(23)17-61-18-49)9-22-26(16-43(4)5)32(50)8-7-28(22)41-36)62-39(52)40(2,3)63-42-37-24-10-20(45(53)54)12-29(47(57)58)34(24)35-25(37)11-21(46(55)56)13-30(35)48(59)60/h7-14,18,33,50H,6,15-17H2,1-5H3/t33-/m0/s1. The summed E-state index contributed by atoms with van der Waals surface area (Å²) >= 11 is 0. The Bertz CT molecular complexity index is 2880. The number of fused-ring (bicyclic) bond motifs is 7. The van der Waals surface area contributed by atoms with Crippen LogP contribution in [0.5, 0.6) is 5.75 Å². The molecule has 0 unspecified atom stereocenters. The molecule has 3 aromatic carbocycles. The average molecular weight is 867 g/mol. The molecule has 0 radical (unpaired) electrons. The summed E-state index contributed by atoms with van der Waals surface area (Å²) in [6.45, 7) is 4.19. The minimum absolute atomic E-state index is 0.0154. The van der Waals surface area contributed by atoms with Gasteiger partial charge in [0.15, 0.2) is 0 Å². The lowest BCUT2D eigenvalue weighted by Crippen LogP contribution is -2.37. The van der Waals surface area contributed by atoms with E-state index < -0.39 is 100 Å². The Hall–Kier alpha value is -8.21. The number of ether oxygens (including phenoxy) is 2. The van der Waals surface area contributed by atoms with Gasteiger partial charge in [-0.25, -0.2) is 9.78 Å². The first kappa shape index (κ1) is 42.9. The predicted molar refractivity (Wildman–Crippen MR) is 219 cm³/mol. The monoisotopic (exact) mass is 866 g/mol. The fourth-order valence-corrected chi connectivity index (χ4v) is 7.64. The second kappa shape index (κ2) is 16.0. The van der Waals surface area contributed by atoms with E-state index in [1.54, 1.807) is 19.1 Å². The van der Waals surface area contributed by atoms with Crippen LogP contribution in [0.2, 0.25) is 0 Å². The summed E-state index contributed by atoms with van der Waals surface area (Å²) in [5.74, 6) is -1.03. The van der Waals surface area contributed by atoms with Gasteiger partial charge < -0.3 is 28.9 Å². The van der Waals surface area contributed by atoms with Crippen molar-refractivity contribution in [3.05, 3.63) is 133 Å². The summed E-state index contributed by atoms with van der Waals surface area (Å²) in [6.07, 6.45) is -1.14. The van der Waals surface area contributed by atoms with Gasteiger partial charge in [-0.15, -0.1) is 0 Å². The van der Waals surface area contributed by atoms with Gasteiger partial charge in [0.05, 0.1) is 72.0 Å². The van der Waals surface area contributed by atoms with Crippen molar-refractivity contribution in [2.45, 2.75) is 58.6 Å². The van der Waals surface area contributed by atoms with Gasteiger partial charge in [-0.2, -0.15) is 0 Å². The highest BCUT2D eigenvalue weighted by Gasteiger charge is 2.43. The number of hydrogen-bond donors (Lipinski definition) is 1. The first-order valence-corrected chi connectivity index (χ1v) is 18.8. The molecule has 2 aromatic heterocycles. The van der Waals surface area contributed by atoms with Gasteiger partial charge in [0.25, 0.3) is 34.8 Å². The van der Waals surface area contributed by atoms with Crippen LogP contribution in [0.4, 0.5) is 22.7 Å². The third kappa shape index (κ3) is 7.49. The number of aromatic hydroxyl groups is 1. The molecule has 0 spiro atoms. The third-order valence-corrected chi connectivity index (χ3v) is 10.5. The number of hydrogen-bond acceptors (Lipinski definition) is 18. The fourth-order valence-electron chi connectivity index (χ4n) is 7.64. The molecule has 23 heteroatoms. The number of pyridine rings is 2. The number of esters is 1. The Kier molecular flexibility index (Phi) is 10.9. The van der Waals surface area contributed by atoms with Crippen LogP contribution in [0.3, 0.4) is 0 Å². The minimum atomic E-state index is -2.09. The molecule has 3 heterocycles. The Morgan fingerprint density at radius 2 is 1.54 bits per heavy atom. The molecule has 0 saturated carbocycles. The van der Waals surface area contributed by atoms with E-state index in [0.717, 1.165) is 12.1 Å². The van der Waals surface area contributed by atoms with Crippen molar-refractivity contribution in [3.63, 3.8) is 0 Å². The van der Waals surface area contributed by atoms with E-state index in [0.29, 0.717) is 52.1 Å². The molecule has 1 atom stereocenters. The minimum Gasteiger partial charge on any atom is -0.508 e. The molecule has 1 aliphatic heterocycles. The van der Waals surface area contributed by atoms with Crippen molar-refractivity contribution in [2.24, 2.45) is 5.16 Å². The summed E-state index contributed by atoms with van der Waals surface area (Å²) in [5.41, 5.74) is -5.74. The molecule has 2 aliphatic rings. The van der Waals surface area contributed by atoms with Crippen LogP contribution in [0.15, 0.2) is 58.5 Å². The molecule has 5 aromatic rings. The molecule has 0 bridgehead atoms. The van der Waals surface area contributed by atoms with Crippen LogP contribution in [0.1, 0.15) is 66.7 Å². The normalized spacial score (nSPS) is 12.8. The van der Waals surface area contributed by atoms with Crippen LogP contribution in [-0.2, 0) is 43.6 Å². The summed E-state index contributed by atoms with van der Waals surface area (Å²) < 4.78 is 12.4. The van der Waals surface area contributed by atoms with Gasteiger partial charge in [0.1, 0.15) is 24.2 Å². The highest BCUT2D eigenvalue weighted by Crippen LogP contribution is 2.50. The van der Waals surface area contributed by atoms with Crippen LogP contribution in [0, 0.1) is 40.5 Å². The first-order valence-electron chi connectivity index (χ1n) is 18.8. The van der Waals surface area contributed by atoms with Crippen molar-refractivity contribution in [2.75, 3.05) is 14.1 Å². The van der Waals surface area contributed by atoms with Gasteiger partial charge in [-0.3, -0.25) is 50.0 Å². The SMILES string of the molecule is CC[C@H](OC(=O)C(C)(C)ON=C1c2cc([N+](=O)[O-])cc([N+](=O)[O-])c2-c2c1cc([N+](=O)[O-])cc2[N+](=O)[O-])c1cc2n(c(=O)c1COC=O)Cc1cc3c(CN(C)C)c(O)ccc3nc1-2. The van der Waals surface area contributed by atoms with E-state index >= 15 is 0 Å². The summed E-state index contributed by atoms with van der Waals surface area (Å²) in [4.78, 5) is 96.1. The van der Waals surface area contributed by atoms with Gasteiger partial charge in [-0.05, 0) is 58.6 Å². The number of oxime groups is 1. The molecule has 23 nitrogen and oxygen atoms in total. The highest BCUT2D eigenvalue weighted by molar-refractivity contribution is 6.27. The number of nitro benzene ring substituents is 4. The van der Waals surface area contributed by atoms with E-state index in [1.165, 1.54) is 24.5 Å². The van der Waals surface area contributed by atoms with Crippen molar-refractivity contribution in [1.29, 1.82) is 0 Å². The lowest BCUT2D eigenvalue weighted by Gasteiger charge is -2.26. The van der Waals surface area contributed by atoms with Crippen LogP contribution in [0.25, 0.3) is 33.4 Å². The predicted octanol–water partition coefficient (Wildman–Crippen LogP) is 5.72. The van der Waals surface area contributed by atoms with Gasteiger partial charge in [-0.1, -0.05) is 12.1 Å². The van der Waals surface area contributed by atoms with E-state index in [2.05, 4.69) is 5.16 Å². The molecular weight excluding hydrogens is 832 g/mol. The Balaban J connectivity index is 1.29. The van der Waals surface area contributed by atoms with Gasteiger partial charge in [0.2, 0.25) is 5.60 Å². The molecule has 0 amide bonds. The molecule has 1 N–H and O–H groups in total. The van der Waals surface area contributed by atoms with Crippen molar-refractivity contribution in [1.82, 2.24) is 14.5 Å². The van der Waals surface area contributed by atoms with Crippen molar-refractivity contribution < 1.29 is 48.7 Å². The second-order valence-electron chi connectivity index (χ2n) is 15.3. The maximum Gasteiger partial charge on any atom is 0.353 e. The third-order valence-electron chi connectivity index (χ3n) is 10.5. The van der Waals surface area contributed by atoms with E-state index in [-0.39, 0.29) is 36.3 Å². The molecular formula is C40H34N8O15. The van der Waals surface area contributed by atoms with Crippen molar-refractivity contribution >= 4 is 51.8 Å². The number of phenols is 1. The van der Waals surface area contributed by atoms with E-state index in [4.69, 9.17) is 19.3 Å². The second-order valence-corrected chi connectivity index (χ2v) is 15.3. The number of carbonyl (C=O) groups excluding carboxylic acids is 2. The van der Waals surface area contributed by atoms with E-state index in [9.17, 15) is 59.9 Å². The molecule has 324 valence electrons. The molecule has 0 saturated heterocycles. The maximum atomic E-state index is 14.2. The maximum absolute atomic E-state index is 14.2. The summed E-state index contributed by atoms with van der Waals surface area (Å²) in [6, 6.07) is 9.43. The van der Waals surface area contributed by atoms with Crippen molar-refractivity contribution in [3.8, 4) is 28.3 Å². The highest BCUT2D eigenvalue weighted by atomic mass is 16.7. The Morgan fingerprint density at radius 1 is 0.937 bits per heavy atom. The number of phenolic OH excluding ortho intramolecular Hbond substituents is 1. The molecule has 63 heavy (non-hydrogen) atoms. The van der Waals surface area contributed by atoms with Gasteiger partial charge in [0, 0.05) is 51.9 Å². The number of benzene rings is 3. The van der Waals surface area contributed by atoms with E-state index in [1.807, 2.05) is 25.1 Å². The largest absolute Gasteiger partial charge is 0.508 e. The zero-order valence-corrected chi connectivity index (χ0v) is 33.8. The van der Waals surface area contributed by atoms with Crippen LogP contribution < -0.4 is 5.56 Å². The number of nitro groups is 4. The zero-order chi connectivity index (χ0) is 45.8. The molecule has 0 fully saturated rings. The summed E-state index contributed by atoms with van der Waals surface area (Å²) in [7, 11) is 3.70. The summed E-state index contributed by atoms with van der Waals surface area (Å²) in [5, 5.41) is 63.5. The molecule has 1 aliphatic carbocycles. The van der Waals surface area contributed by atoms with Crippen LogP contribution >= 0.6 is 0 Å². The first-order chi connectivity index (χ1) is 29.8. The number of aromatic nitrogens is 2. The topological polar surface area (TPSA) is 305 Å². The lowest BCUT2D eigenvalue weighted by atomic mass is 9.99. The Morgan fingerprint density at radius 3 is 2.06 bits per heavy atom. The smallest absolute Gasteiger partial charge is 0.353 e. The quantitative estimate of drug-likeness (QED) is 0.0557. The Labute approximate surface area is 353 Å². The number of nitrogens with zero attached hydrogens (tertiary/aromatic N) is 8. The van der Waals surface area contributed by atoms with Crippen LogP contribution in [-0.4, -0.2) is 77.1 Å².